The van der Waals surface area contributed by atoms with Crippen molar-refractivity contribution in [2.24, 2.45) is 0 Å². The van der Waals surface area contributed by atoms with E-state index < -0.39 is 11.9 Å². The Kier molecular flexibility index (Phi) is 6.92. The summed E-state index contributed by atoms with van der Waals surface area (Å²) in [6.45, 7) is 4.47. The second kappa shape index (κ2) is 10.3. The number of esters is 1. The molecule has 0 spiro atoms. The summed E-state index contributed by atoms with van der Waals surface area (Å²) in [6.07, 6.45) is 6.91. The van der Waals surface area contributed by atoms with Gasteiger partial charge in [0.2, 0.25) is 0 Å². The van der Waals surface area contributed by atoms with Gasteiger partial charge < -0.3 is 14.6 Å². The zero-order chi connectivity index (χ0) is 26.1. The fourth-order valence-electron chi connectivity index (χ4n) is 4.84. The summed E-state index contributed by atoms with van der Waals surface area (Å²) in [5, 5.41) is 12.5. The maximum absolute atomic E-state index is 13.6. The Labute approximate surface area is 217 Å². The molecule has 10 heteroatoms. The highest BCUT2D eigenvalue weighted by atomic mass is 32.1. The van der Waals surface area contributed by atoms with Crippen LogP contribution in [-0.2, 0) is 24.1 Å². The minimum atomic E-state index is -0.543. The van der Waals surface area contributed by atoms with Gasteiger partial charge in [-0.3, -0.25) is 19.4 Å². The molecule has 1 amide bonds. The first-order chi connectivity index (χ1) is 17.9. The minimum Gasteiger partial charge on any atom is -0.462 e. The zero-order valence-corrected chi connectivity index (χ0v) is 21.7. The van der Waals surface area contributed by atoms with Crippen molar-refractivity contribution in [3.8, 4) is 0 Å². The molecule has 4 aromatic rings. The number of carbonyl (C=O) groups is 2. The molecular weight excluding hydrogens is 490 g/mol. The average Bonchev–Trinajstić information content (AvgIpc) is 3.26. The first-order valence-electron chi connectivity index (χ1n) is 12.7. The van der Waals surface area contributed by atoms with E-state index in [1.54, 1.807) is 35.9 Å². The molecule has 0 fully saturated rings. The van der Waals surface area contributed by atoms with E-state index in [0.29, 0.717) is 28.4 Å². The molecule has 0 radical (unpaired) electrons. The summed E-state index contributed by atoms with van der Waals surface area (Å²) >= 11 is 1.39. The van der Waals surface area contributed by atoms with E-state index in [1.807, 2.05) is 6.92 Å². The molecule has 4 aromatic heterocycles. The molecule has 0 aliphatic heterocycles. The van der Waals surface area contributed by atoms with Crippen LogP contribution in [0.2, 0.25) is 0 Å². The summed E-state index contributed by atoms with van der Waals surface area (Å²) in [7, 11) is 0. The van der Waals surface area contributed by atoms with Crippen molar-refractivity contribution in [2.75, 3.05) is 11.9 Å². The van der Waals surface area contributed by atoms with Gasteiger partial charge in [0.05, 0.1) is 23.1 Å². The second-order valence-electron chi connectivity index (χ2n) is 9.08. The van der Waals surface area contributed by atoms with Crippen LogP contribution in [-0.4, -0.2) is 32.4 Å². The van der Waals surface area contributed by atoms with Gasteiger partial charge in [0.1, 0.15) is 21.8 Å². The Morgan fingerprint density at radius 3 is 2.81 bits per heavy atom. The Morgan fingerprint density at radius 2 is 2.03 bits per heavy atom. The number of aryl methyl sites for hydroxylation is 2. The van der Waals surface area contributed by atoms with Crippen LogP contribution in [0.5, 0.6) is 0 Å². The molecule has 9 nitrogen and oxygen atoms in total. The summed E-state index contributed by atoms with van der Waals surface area (Å²) in [5.74, 6) is -0.993. The summed E-state index contributed by atoms with van der Waals surface area (Å²) in [5.41, 5.74) is 1.94. The van der Waals surface area contributed by atoms with Crippen LogP contribution in [0.1, 0.15) is 70.7 Å². The molecule has 0 saturated carbocycles. The average molecular weight is 520 g/mol. The molecule has 0 bridgehead atoms. The summed E-state index contributed by atoms with van der Waals surface area (Å²) in [6, 6.07) is 6.73. The summed E-state index contributed by atoms with van der Waals surface area (Å²) in [4.78, 5) is 45.5. The predicted octanol–water partition coefficient (Wildman–Crippen LogP) is 4.30. The van der Waals surface area contributed by atoms with Gasteiger partial charge in [-0.05, 0) is 62.8 Å². The third kappa shape index (κ3) is 4.46. The molecule has 0 aromatic carbocycles. The first kappa shape index (κ1) is 24.9. The zero-order valence-electron chi connectivity index (χ0n) is 20.9. The third-order valence-electron chi connectivity index (χ3n) is 6.68. The van der Waals surface area contributed by atoms with Gasteiger partial charge in [0.15, 0.2) is 0 Å². The van der Waals surface area contributed by atoms with Gasteiger partial charge in [-0.15, -0.1) is 11.3 Å². The van der Waals surface area contributed by atoms with Gasteiger partial charge >= 0.3 is 5.97 Å². The molecule has 192 valence electrons. The molecule has 0 saturated heterocycles. The van der Waals surface area contributed by atoms with Gasteiger partial charge in [0, 0.05) is 17.6 Å². The highest BCUT2D eigenvalue weighted by molar-refractivity contribution is 7.17. The quantitative estimate of drug-likeness (QED) is 0.279. The van der Waals surface area contributed by atoms with Crippen LogP contribution >= 0.6 is 11.3 Å². The normalized spacial score (nSPS) is 13.0. The number of aromatic nitrogens is 3. The molecule has 0 unspecified atom stereocenters. The van der Waals surface area contributed by atoms with E-state index in [0.717, 1.165) is 49.0 Å². The lowest BCUT2D eigenvalue weighted by molar-refractivity contribution is 0.0526. The molecule has 2 N–H and O–H groups in total. The summed E-state index contributed by atoms with van der Waals surface area (Å²) < 4.78 is 8.37. The van der Waals surface area contributed by atoms with E-state index in [9.17, 15) is 14.4 Å². The Hall–Kier alpha value is -3.79. The lowest BCUT2D eigenvalue weighted by Gasteiger charge is -2.15. The van der Waals surface area contributed by atoms with Crippen LogP contribution in [0.25, 0.3) is 16.7 Å². The highest BCUT2D eigenvalue weighted by Gasteiger charge is 2.28. The number of nitrogens with zero attached hydrogens (tertiary/aromatic N) is 3. The number of hydrogen-bond acceptors (Lipinski definition) is 7. The van der Waals surface area contributed by atoms with Gasteiger partial charge in [0.25, 0.3) is 11.5 Å². The fraction of sp³-hybridized carbons (Fsp3) is 0.370. The maximum Gasteiger partial charge on any atom is 0.341 e. The molecular formula is C27H29N5O4S. The minimum absolute atomic E-state index is 0.0235. The Balaban J connectivity index is 1.65. The van der Waals surface area contributed by atoms with Crippen molar-refractivity contribution in [2.45, 2.75) is 58.9 Å². The maximum atomic E-state index is 13.6. The fourth-order valence-corrected chi connectivity index (χ4v) is 6.11. The van der Waals surface area contributed by atoms with Crippen LogP contribution in [0.15, 0.2) is 35.3 Å². The Morgan fingerprint density at radius 1 is 1.22 bits per heavy atom. The lowest BCUT2D eigenvalue weighted by atomic mass is 9.95. The van der Waals surface area contributed by atoms with Gasteiger partial charge in [-0.1, -0.05) is 19.4 Å². The molecule has 4 heterocycles. The van der Waals surface area contributed by atoms with E-state index in [2.05, 4.69) is 10.3 Å². The number of unbranched alkanes of at least 4 members (excludes halogenated alkanes) is 1. The molecule has 5 rings (SSSR count). The molecule has 0 atom stereocenters. The number of anilines is 1. The predicted molar refractivity (Wildman–Crippen MR) is 143 cm³/mol. The number of nitrogens with one attached hydrogen (secondary N) is 2. The van der Waals surface area contributed by atoms with Gasteiger partial charge in [-0.2, -0.15) is 0 Å². The molecule has 1 aliphatic rings. The number of thiophene rings is 1. The number of pyridine rings is 2. The largest absolute Gasteiger partial charge is 0.462 e. The number of amides is 1. The van der Waals surface area contributed by atoms with Crippen molar-refractivity contribution < 1.29 is 14.3 Å². The first-order valence-corrected chi connectivity index (χ1v) is 13.5. The standard InChI is InChI=1S/C27H29N5O4S/c1-3-5-13-32-22(28)17(15-18-23(32)29-20-12-8-9-14-31(20)26(18)34)24(33)30-25-21(27(35)36-4-2)16-10-6-7-11-19(16)37-25/h8-9,12,14-15,28H,3-7,10-11,13H2,1-2H3,(H,30,33). The smallest absolute Gasteiger partial charge is 0.341 e. The van der Waals surface area contributed by atoms with Crippen LogP contribution < -0.4 is 16.4 Å². The monoisotopic (exact) mass is 519 g/mol. The van der Waals surface area contributed by atoms with Crippen molar-refractivity contribution in [3.05, 3.63) is 67.9 Å². The van der Waals surface area contributed by atoms with E-state index in [4.69, 9.17) is 10.1 Å². The Bertz CT molecular complexity index is 1650. The van der Waals surface area contributed by atoms with Crippen molar-refractivity contribution in [1.29, 1.82) is 5.41 Å². The topological polar surface area (TPSA) is 119 Å². The number of fused-ring (bicyclic) bond motifs is 3. The van der Waals surface area contributed by atoms with Crippen molar-refractivity contribution in [1.82, 2.24) is 14.0 Å². The number of ether oxygens (including phenoxy) is 1. The number of carbonyl (C=O) groups excluding carboxylic acids is 2. The van der Waals surface area contributed by atoms with Crippen molar-refractivity contribution in [3.63, 3.8) is 0 Å². The highest BCUT2D eigenvalue weighted by Crippen LogP contribution is 2.38. The van der Waals surface area contributed by atoms with Crippen LogP contribution in [0.4, 0.5) is 5.00 Å². The number of rotatable bonds is 7. The number of hydrogen-bond donors (Lipinski definition) is 2. The lowest BCUT2D eigenvalue weighted by Crippen LogP contribution is -2.32. The van der Waals surface area contributed by atoms with E-state index in [1.165, 1.54) is 21.8 Å². The van der Waals surface area contributed by atoms with Gasteiger partial charge in [-0.25, -0.2) is 9.78 Å². The van der Waals surface area contributed by atoms with Crippen molar-refractivity contribution >= 4 is 44.9 Å². The van der Waals surface area contributed by atoms with Crippen LogP contribution in [0, 0.1) is 5.41 Å². The van der Waals surface area contributed by atoms with Crippen LogP contribution in [0.3, 0.4) is 0 Å². The van der Waals surface area contributed by atoms with E-state index >= 15 is 0 Å². The third-order valence-corrected chi connectivity index (χ3v) is 7.88. The molecule has 1 aliphatic carbocycles. The second-order valence-corrected chi connectivity index (χ2v) is 10.2. The molecule has 37 heavy (non-hydrogen) atoms. The van der Waals surface area contributed by atoms with E-state index in [-0.39, 0.29) is 28.6 Å². The SMILES string of the molecule is CCCCn1c(=N)c(C(=O)Nc2sc3c(c2C(=O)OCC)CCCC3)cc2c(=O)n3ccccc3nc21.